The SMILES string of the molecule is COc1ccc(Cc2cc(C3CC(O)CC(C)O3)c(C)c3c2CCCC3)cc1. The Balaban J connectivity index is 1.72. The summed E-state index contributed by atoms with van der Waals surface area (Å²) in [5.41, 5.74) is 8.49. The molecule has 3 nitrogen and oxygen atoms in total. The first kappa shape index (κ1) is 19.5. The quantitative estimate of drug-likeness (QED) is 0.804. The lowest BCUT2D eigenvalue weighted by molar-refractivity contribution is -0.0898. The van der Waals surface area contributed by atoms with Crippen LogP contribution < -0.4 is 4.74 Å². The van der Waals surface area contributed by atoms with E-state index in [-0.39, 0.29) is 18.3 Å². The number of methoxy groups -OCH3 is 1. The predicted molar refractivity (Wildman–Crippen MR) is 112 cm³/mol. The number of ether oxygens (including phenoxy) is 2. The van der Waals surface area contributed by atoms with Gasteiger partial charge < -0.3 is 14.6 Å². The van der Waals surface area contributed by atoms with Gasteiger partial charge in [-0.25, -0.2) is 0 Å². The molecular weight excluding hydrogens is 348 g/mol. The largest absolute Gasteiger partial charge is 0.497 e. The van der Waals surface area contributed by atoms with E-state index >= 15 is 0 Å². The zero-order chi connectivity index (χ0) is 19.7. The summed E-state index contributed by atoms with van der Waals surface area (Å²) < 4.78 is 11.6. The highest BCUT2D eigenvalue weighted by atomic mass is 16.5. The molecule has 2 aromatic carbocycles. The van der Waals surface area contributed by atoms with Gasteiger partial charge in [-0.15, -0.1) is 0 Å². The molecule has 2 aliphatic rings. The molecule has 0 amide bonds. The lowest BCUT2D eigenvalue weighted by atomic mass is 9.80. The number of aliphatic hydroxyl groups is 1. The molecular formula is C25H32O3. The van der Waals surface area contributed by atoms with Crippen molar-refractivity contribution >= 4 is 0 Å². The van der Waals surface area contributed by atoms with Crippen LogP contribution >= 0.6 is 0 Å². The fraction of sp³-hybridized carbons (Fsp3) is 0.520. The highest BCUT2D eigenvalue weighted by molar-refractivity contribution is 5.49. The van der Waals surface area contributed by atoms with Crippen LogP contribution in [-0.2, 0) is 24.0 Å². The maximum Gasteiger partial charge on any atom is 0.118 e. The van der Waals surface area contributed by atoms with Crippen LogP contribution in [0.2, 0.25) is 0 Å². The van der Waals surface area contributed by atoms with E-state index in [0.717, 1.165) is 25.0 Å². The summed E-state index contributed by atoms with van der Waals surface area (Å²) in [6, 6.07) is 10.8. The Morgan fingerprint density at radius 1 is 1.07 bits per heavy atom. The minimum Gasteiger partial charge on any atom is -0.497 e. The molecule has 28 heavy (non-hydrogen) atoms. The summed E-state index contributed by atoms with van der Waals surface area (Å²) in [5, 5.41) is 10.3. The van der Waals surface area contributed by atoms with Gasteiger partial charge in [0.15, 0.2) is 0 Å². The van der Waals surface area contributed by atoms with E-state index in [1.807, 2.05) is 12.1 Å². The number of rotatable bonds is 4. The first-order valence-electron chi connectivity index (χ1n) is 10.7. The summed E-state index contributed by atoms with van der Waals surface area (Å²) in [6.07, 6.45) is 7.09. The van der Waals surface area contributed by atoms with Crippen molar-refractivity contribution in [2.24, 2.45) is 0 Å². The van der Waals surface area contributed by atoms with Crippen molar-refractivity contribution in [2.45, 2.75) is 77.1 Å². The maximum absolute atomic E-state index is 10.3. The minimum absolute atomic E-state index is 0.000550. The van der Waals surface area contributed by atoms with E-state index in [2.05, 4.69) is 32.0 Å². The summed E-state index contributed by atoms with van der Waals surface area (Å²) in [4.78, 5) is 0. The third-order valence-corrected chi connectivity index (χ3v) is 6.46. The average Bonchev–Trinajstić information content (AvgIpc) is 2.70. The van der Waals surface area contributed by atoms with Gasteiger partial charge in [-0.05, 0) is 97.9 Å². The van der Waals surface area contributed by atoms with Crippen LogP contribution in [0.3, 0.4) is 0 Å². The van der Waals surface area contributed by atoms with Crippen LogP contribution in [0.4, 0.5) is 0 Å². The summed E-state index contributed by atoms with van der Waals surface area (Å²) in [5.74, 6) is 0.897. The molecule has 0 spiro atoms. The predicted octanol–water partition coefficient (Wildman–Crippen LogP) is 5.07. The molecule has 3 heteroatoms. The van der Waals surface area contributed by atoms with Gasteiger partial charge in [0.2, 0.25) is 0 Å². The van der Waals surface area contributed by atoms with E-state index in [9.17, 15) is 5.11 Å². The van der Waals surface area contributed by atoms with Gasteiger partial charge in [0, 0.05) is 6.42 Å². The summed E-state index contributed by atoms with van der Waals surface area (Å²) in [7, 11) is 1.71. The van der Waals surface area contributed by atoms with Crippen LogP contribution in [-0.4, -0.2) is 24.4 Å². The second-order valence-electron chi connectivity index (χ2n) is 8.50. The highest BCUT2D eigenvalue weighted by Crippen LogP contribution is 2.38. The van der Waals surface area contributed by atoms with Crippen LogP contribution in [0.25, 0.3) is 0 Å². The van der Waals surface area contributed by atoms with Gasteiger partial charge in [-0.1, -0.05) is 18.2 Å². The Bertz CT molecular complexity index is 815. The fourth-order valence-corrected chi connectivity index (χ4v) is 5.00. The zero-order valence-electron chi connectivity index (χ0n) is 17.3. The Morgan fingerprint density at radius 2 is 1.79 bits per heavy atom. The molecule has 0 radical (unpaired) electrons. The number of fused-ring (bicyclic) bond motifs is 1. The molecule has 2 aromatic rings. The van der Waals surface area contributed by atoms with Crippen molar-refractivity contribution in [3.63, 3.8) is 0 Å². The topological polar surface area (TPSA) is 38.7 Å². The van der Waals surface area contributed by atoms with Crippen molar-refractivity contribution in [2.75, 3.05) is 7.11 Å². The van der Waals surface area contributed by atoms with Gasteiger partial charge in [-0.2, -0.15) is 0 Å². The van der Waals surface area contributed by atoms with Gasteiger partial charge in [0.05, 0.1) is 25.4 Å². The number of benzene rings is 2. The molecule has 4 rings (SSSR count). The lowest BCUT2D eigenvalue weighted by Crippen LogP contribution is -2.30. The molecule has 1 N–H and O–H groups in total. The van der Waals surface area contributed by atoms with Crippen LogP contribution in [0.1, 0.15) is 72.1 Å². The second kappa shape index (κ2) is 8.26. The number of aliphatic hydroxyl groups excluding tert-OH is 1. The number of hydrogen-bond donors (Lipinski definition) is 1. The van der Waals surface area contributed by atoms with Crippen LogP contribution in [0.5, 0.6) is 5.75 Å². The van der Waals surface area contributed by atoms with Crippen LogP contribution in [0, 0.1) is 6.92 Å². The minimum atomic E-state index is -0.269. The maximum atomic E-state index is 10.3. The smallest absolute Gasteiger partial charge is 0.118 e. The second-order valence-corrected chi connectivity index (χ2v) is 8.50. The lowest BCUT2D eigenvalue weighted by Gasteiger charge is -2.34. The van der Waals surface area contributed by atoms with E-state index in [0.29, 0.717) is 6.42 Å². The Kier molecular flexibility index (Phi) is 5.75. The van der Waals surface area contributed by atoms with Gasteiger partial charge >= 0.3 is 0 Å². The third kappa shape index (κ3) is 3.97. The molecule has 1 aliphatic heterocycles. The Labute approximate surface area is 168 Å². The zero-order valence-corrected chi connectivity index (χ0v) is 17.3. The Hall–Kier alpha value is -1.84. The fourth-order valence-electron chi connectivity index (χ4n) is 5.00. The summed E-state index contributed by atoms with van der Waals surface area (Å²) >= 11 is 0. The van der Waals surface area contributed by atoms with E-state index in [4.69, 9.17) is 9.47 Å². The number of hydrogen-bond acceptors (Lipinski definition) is 3. The first-order chi connectivity index (χ1) is 13.5. The monoisotopic (exact) mass is 380 g/mol. The van der Waals surface area contributed by atoms with Gasteiger partial charge in [-0.3, -0.25) is 0 Å². The van der Waals surface area contributed by atoms with Crippen molar-refractivity contribution in [1.29, 1.82) is 0 Å². The molecule has 1 aliphatic carbocycles. The Morgan fingerprint density at radius 3 is 2.46 bits per heavy atom. The van der Waals surface area contributed by atoms with E-state index < -0.39 is 0 Å². The molecule has 0 saturated carbocycles. The molecule has 3 atom stereocenters. The summed E-state index contributed by atoms with van der Waals surface area (Å²) in [6.45, 7) is 4.33. The van der Waals surface area contributed by atoms with Crippen molar-refractivity contribution in [3.8, 4) is 5.75 Å². The molecule has 0 bridgehead atoms. The molecule has 150 valence electrons. The third-order valence-electron chi connectivity index (χ3n) is 6.46. The van der Waals surface area contributed by atoms with E-state index in [1.165, 1.54) is 47.1 Å². The van der Waals surface area contributed by atoms with Gasteiger partial charge in [0.25, 0.3) is 0 Å². The highest BCUT2D eigenvalue weighted by Gasteiger charge is 2.30. The van der Waals surface area contributed by atoms with Gasteiger partial charge in [0.1, 0.15) is 5.75 Å². The molecule has 1 heterocycles. The first-order valence-corrected chi connectivity index (χ1v) is 10.7. The van der Waals surface area contributed by atoms with Crippen molar-refractivity contribution in [3.05, 3.63) is 63.7 Å². The molecule has 0 aromatic heterocycles. The molecule has 3 unspecified atom stereocenters. The van der Waals surface area contributed by atoms with Crippen molar-refractivity contribution in [1.82, 2.24) is 0 Å². The van der Waals surface area contributed by atoms with E-state index in [1.54, 1.807) is 12.7 Å². The average molecular weight is 381 g/mol. The standard InChI is InChI=1S/C25H32O3/c1-16-12-20(26)15-25(28-16)24-14-19(13-18-8-10-21(27-3)11-9-18)23-7-5-4-6-22(23)17(24)2/h8-11,14,16,20,25-26H,4-7,12-13,15H2,1-3H3. The molecule has 1 fully saturated rings. The molecule has 1 saturated heterocycles. The van der Waals surface area contributed by atoms with Crippen molar-refractivity contribution < 1.29 is 14.6 Å². The normalized spacial score (nSPS) is 24.6. The van der Waals surface area contributed by atoms with Crippen LogP contribution in [0.15, 0.2) is 30.3 Å².